The summed E-state index contributed by atoms with van der Waals surface area (Å²) in [5.74, 6) is 2.70. The van der Waals surface area contributed by atoms with Crippen molar-refractivity contribution in [1.29, 1.82) is 0 Å². The van der Waals surface area contributed by atoms with E-state index < -0.39 is 0 Å². The van der Waals surface area contributed by atoms with Gasteiger partial charge in [-0.1, -0.05) is 24.8 Å². The van der Waals surface area contributed by atoms with Crippen molar-refractivity contribution in [3.05, 3.63) is 10.6 Å². The van der Waals surface area contributed by atoms with Crippen molar-refractivity contribution in [2.24, 2.45) is 0 Å². The Balaban J connectivity index is 2.80. The Bertz CT molecular complexity index is 327. The van der Waals surface area contributed by atoms with Crippen LogP contribution in [0.3, 0.4) is 0 Å². The first-order valence-electron chi connectivity index (χ1n) is 5.31. The molecule has 1 heterocycles. The summed E-state index contributed by atoms with van der Waals surface area (Å²) in [4.78, 5) is 1.21. The lowest BCUT2D eigenvalue weighted by Crippen LogP contribution is -2.20. The van der Waals surface area contributed by atoms with E-state index in [1.54, 1.807) is 0 Å². The van der Waals surface area contributed by atoms with Gasteiger partial charge in [0.2, 0.25) is 0 Å². The molecule has 1 N–H and O–H groups in total. The largest absolute Gasteiger partial charge is 0.309 e. The highest BCUT2D eigenvalue weighted by atomic mass is 32.1. The van der Waals surface area contributed by atoms with Gasteiger partial charge < -0.3 is 5.32 Å². The molecular weight excluding hydrogens is 206 g/mol. The van der Waals surface area contributed by atoms with Crippen molar-refractivity contribution in [1.82, 2.24) is 14.9 Å². The van der Waals surface area contributed by atoms with E-state index in [4.69, 9.17) is 6.42 Å². The van der Waals surface area contributed by atoms with Gasteiger partial charge in [-0.05, 0) is 24.5 Å². The van der Waals surface area contributed by atoms with E-state index in [0.717, 1.165) is 25.1 Å². The second-order valence-electron chi connectivity index (χ2n) is 3.35. The van der Waals surface area contributed by atoms with Gasteiger partial charge in [0.05, 0.1) is 16.6 Å². The third kappa shape index (κ3) is 3.29. The molecule has 0 spiro atoms. The van der Waals surface area contributed by atoms with Gasteiger partial charge in [-0.15, -0.1) is 17.4 Å². The first-order valence-corrected chi connectivity index (χ1v) is 6.08. The molecular formula is C11H17N3S. The number of hydrogen-bond acceptors (Lipinski definition) is 4. The number of nitrogens with zero attached hydrogens (tertiary/aromatic N) is 2. The van der Waals surface area contributed by atoms with Gasteiger partial charge in [-0.2, -0.15) is 0 Å². The van der Waals surface area contributed by atoms with Gasteiger partial charge in [0, 0.05) is 6.42 Å². The van der Waals surface area contributed by atoms with Crippen molar-refractivity contribution in [2.75, 3.05) is 6.54 Å². The topological polar surface area (TPSA) is 37.8 Å². The summed E-state index contributed by atoms with van der Waals surface area (Å²) in [7, 11) is 0. The van der Waals surface area contributed by atoms with Crippen LogP contribution >= 0.6 is 11.5 Å². The Morgan fingerprint density at radius 2 is 2.33 bits per heavy atom. The zero-order chi connectivity index (χ0) is 11.1. The summed E-state index contributed by atoms with van der Waals surface area (Å²) in [6.45, 7) is 5.14. The minimum absolute atomic E-state index is 0.224. The Kier molecular flexibility index (Phi) is 5.30. The zero-order valence-electron chi connectivity index (χ0n) is 9.29. The fraction of sp³-hybridized carbons (Fsp3) is 0.636. The van der Waals surface area contributed by atoms with Crippen LogP contribution in [-0.4, -0.2) is 16.1 Å². The molecule has 82 valence electrons. The van der Waals surface area contributed by atoms with Crippen LogP contribution in [0.15, 0.2) is 0 Å². The lowest BCUT2D eigenvalue weighted by molar-refractivity contribution is 0.567. The van der Waals surface area contributed by atoms with Crippen LogP contribution in [0.1, 0.15) is 43.3 Å². The van der Waals surface area contributed by atoms with E-state index in [1.165, 1.54) is 16.4 Å². The monoisotopic (exact) mass is 223 g/mol. The van der Waals surface area contributed by atoms with E-state index in [0.29, 0.717) is 6.42 Å². The van der Waals surface area contributed by atoms with E-state index in [9.17, 15) is 0 Å². The lowest BCUT2D eigenvalue weighted by Gasteiger charge is -2.13. The average Bonchev–Trinajstić information content (AvgIpc) is 2.66. The lowest BCUT2D eigenvalue weighted by atomic mass is 10.1. The molecule has 0 fully saturated rings. The molecule has 1 unspecified atom stereocenters. The molecule has 0 aliphatic rings. The highest BCUT2D eigenvalue weighted by Gasteiger charge is 2.16. The van der Waals surface area contributed by atoms with Crippen molar-refractivity contribution < 1.29 is 0 Å². The molecule has 1 atom stereocenters. The standard InChI is InChI=1S/C11H17N3S/c1-4-7-9(12-6-3)11-10(8-5-2)13-14-15-11/h1,9,12H,5-8H2,2-3H3. The van der Waals surface area contributed by atoms with Gasteiger partial charge in [0.1, 0.15) is 0 Å². The Hall–Kier alpha value is -0.920. The molecule has 1 aromatic heterocycles. The van der Waals surface area contributed by atoms with Crippen LogP contribution in [0.2, 0.25) is 0 Å². The molecule has 0 radical (unpaired) electrons. The molecule has 1 rings (SSSR count). The highest BCUT2D eigenvalue weighted by Crippen LogP contribution is 2.23. The predicted molar refractivity (Wildman–Crippen MR) is 63.8 cm³/mol. The highest BCUT2D eigenvalue weighted by molar-refractivity contribution is 7.05. The minimum atomic E-state index is 0.224. The molecule has 4 heteroatoms. The van der Waals surface area contributed by atoms with E-state index in [2.05, 4.69) is 34.7 Å². The normalized spacial score (nSPS) is 12.3. The molecule has 0 amide bonds. The van der Waals surface area contributed by atoms with Crippen molar-refractivity contribution in [2.45, 2.75) is 39.2 Å². The number of terminal acetylenes is 1. The number of hydrogen-bond donors (Lipinski definition) is 1. The number of nitrogens with one attached hydrogen (secondary N) is 1. The molecule has 3 nitrogen and oxygen atoms in total. The average molecular weight is 223 g/mol. The smallest absolute Gasteiger partial charge is 0.0803 e. The fourth-order valence-corrected chi connectivity index (χ4v) is 2.28. The van der Waals surface area contributed by atoms with Crippen LogP contribution < -0.4 is 5.32 Å². The second kappa shape index (κ2) is 6.54. The Morgan fingerprint density at radius 3 is 2.93 bits per heavy atom. The molecule has 15 heavy (non-hydrogen) atoms. The number of aryl methyl sites for hydroxylation is 1. The minimum Gasteiger partial charge on any atom is -0.309 e. The molecule has 0 aliphatic carbocycles. The van der Waals surface area contributed by atoms with Crippen LogP contribution in [0.25, 0.3) is 0 Å². The van der Waals surface area contributed by atoms with Crippen molar-refractivity contribution >= 4 is 11.5 Å². The molecule has 0 aliphatic heterocycles. The summed E-state index contributed by atoms with van der Waals surface area (Å²) in [6, 6.07) is 0.224. The quantitative estimate of drug-likeness (QED) is 0.751. The molecule has 0 bridgehead atoms. The summed E-state index contributed by atoms with van der Waals surface area (Å²) in [6.07, 6.45) is 8.14. The molecule has 0 saturated heterocycles. The predicted octanol–water partition coefficient (Wildman–Crippen LogP) is 2.16. The Labute approximate surface area is 95.5 Å². The summed E-state index contributed by atoms with van der Waals surface area (Å²) >= 11 is 1.46. The molecule has 0 saturated carbocycles. The maximum Gasteiger partial charge on any atom is 0.0803 e. The van der Waals surface area contributed by atoms with E-state index in [-0.39, 0.29) is 6.04 Å². The third-order valence-corrected chi connectivity index (χ3v) is 3.04. The van der Waals surface area contributed by atoms with Crippen LogP contribution in [0, 0.1) is 12.3 Å². The molecule has 0 aromatic carbocycles. The third-order valence-electron chi connectivity index (χ3n) is 2.16. The maximum atomic E-state index is 5.36. The Morgan fingerprint density at radius 1 is 1.53 bits per heavy atom. The summed E-state index contributed by atoms with van der Waals surface area (Å²) in [5.41, 5.74) is 1.10. The SMILES string of the molecule is C#CCC(NCC)c1snnc1CCC. The van der Waals surface area contributed by atoms with Gasteiger partial charge >= 0.3 is 0 Å². The van der Waals surface area contributed by atoms with E-state index in [1.807, 2.05) is 0 Å². The van der Waals surface area contributed by atoms with E-state index >= 15 is 0 Å². The summed E-state index contributed by atoms with van der Waals surface area (Å²) in [5, 5.41) is 7.52. The van der Waals surface area contributed by atoms with Crippen molar-refractivity contribution in [3.63, 3.8) is 0 Å². The second-order valence-corrected chi connectivity index (χ2v) is 4.14. The van der Waals surface area contributed by atoms with Crippen LogP contribution in [0.4, 0.5) is 0 Å². The first kappa shape index (κ1) is 12.2. The van der Waals surface area contributed by atoms with Crippen molar-refractivity contribution in [3.8, 4) is 12.3 Å². The molecule has 1 aromatic rings. The zero-order valence-corrected chi connectivity index (χ0v) is 10.1. The summed E-state index contributed by atoms with van der Waals surface area (Å²) < 4.78 is 4.01. The van der Waals surface area contributed by atoms with Gasteiger partial charge in [-0.25, -0.2) is 0 Å². The van der Waals surface area contributed by atoms with Gasteiger partial charge in [-0.3, -0.25) is 0 Å². The van der Waals surface area contributed by atoms with Gasteiger partial charge in [0.25, 0.3) is 0 Å². The number of aromatic nitrogens is 2. The van der Waals surface area contributed by atoms with Crippen LogP contribution in [0.5, 0.6) is 0 Å². The maximum absolute atomic E-state index is 5.36. The van der Waals surface area contributed by atoms with Crippen LogP contribution in [-0.2, 0) is 6.42 Å². The number of rotatable bonds is 6. The first-order chi connectivity index (χ1) is 7.33. The van der Waals surface area contributed by atoms with Gasteiger partial charge in [0.15, 0.2) is 0 Å². The fourth-order valence-electron chi connectivity index (χ4n) is 1.51.